The topological polar surface area (TPSA) is 49.3 Å². The molecule has 1 heterocycles. The van der Waals surface area contributed by atoms with Crippen molar-refractivity contribution in [3.63, 3.8) is 0 Å². The van der Waals surface area contributed by atoms with Gasteiger partial charge in [-0.05, 0) is 25.3 Å². The quantitative estimate of drug-likeness (QED) is 0.869. The molecule has 0 radical (unpaired) electrons. The van der Waals surface area contributed by atoms with E-state index in [1.807, 2.05) is 6.26 Å². The van der Waals surface area contributed by atoms with Crippen molar-refractivity contribution in [3.8, 4) is 0 Å². The third-order valence-electron chi connectivity index (χ3n) is 1.88. The average Bonchev–Trinajstić information content (AvgIpc) is 2.61. The fourth-order valence-corrected chi connectivity index (χ4v) is 2.84. The summed E-state index contributed by atoms with van der Waals surface area (Å²) >= 11 is 8.50. The Kier molecular flexibility index (Phi) is 5.11. The summed E-state index contributed by atoms with van der Waals surface area (Å²) in [4.78, 5) is 12.2. The van der Waals surface area contributed by atoms with Crippen molar-refractivity contribution in [1.29, 1.82) is 0 Å². The fourth-order valence-electron chi connectivity index (χ4n) is 1.16. The highest BCUT2D eigenvalue weighted by Crippen LogP contribution is 2.21. The number of nitrogens with one attached hydrogen (secondary N) is 1. The van der Waals surface area contributed by atoms with Gasteiger partial charge in [-0.2, -0.15) is 11.8 Å². The molecular formula is C10H14ClNO2S2. The Bertz CT molecular complexity index is 365. The first-order chi connectivity index (χ1) is 7.44. The summed E-state index contributed by atoms with van der Waals surface area (Å²) in [6, 6.07) is 3.35. The van der Waals surface area contributed by atoms with Gasteiger partial charge in [0, 0.05) is 12.3 Å². The van der Waals surface area contributed by atoms with Crippen LogP contribution in [0.5, 0.6) is 0 Å². The molecule has 0 spiro atoms. The van der Waals surface area contributed by atoms with Crippen molar-refractivity contribution < 1.29 is 9.90 Å². The number of halogens is 1. The van der Waals surface area contributed by atoms with Crippen LogP contribution >= 0.6 is 34.7 Å². The molecule has 0 saturated heterocycles. The summed E-state index contributed by atoms with van der Waals surface area (Å²) in [5, 5.41) is 12.5. The number of hydrogen-bond acceptors (Lipinski definition) is 4. The Hall–Kier alpha value is -0.230. The highest BCUT2D eigenvalue weighted by molar-refractivity contribution is 7.98. The van der Waals surface area contributed by atoms with Gasteiger partial charge in [0.2, 0.25) is 0 Å². The SMILES string of the molecule is CSCC(C)(O)CNC(=O)c1ccc(Cl)s1. The summed E-state index contributed by atoms with van der Waals surface area (Å²) in [5.41, 5.74) is -0.879. The van der Waals surface area contributed by atoms with E-state index in [-0.39, 0.29) is 12.5 Å². The van der Waals surface area contributed by atoms with Crippen LogP contribution in [0, 0.1) is 0 Å². The van der Waals surface area contributed by atoms with Gasteiger partial charge >= 0.3 is 0 Å². The van der Waals surface area contributed by atoms with Crippen LogP contribution in [0.1, 0.15) is 16.6 Å². The molecule has 0 aliphatic heterocycles. The van der Waals surface area contributed by atoms with E-state index in [2.05, 4.69) is 5.32 Å². The predicted molar refractivity (Wildman–Crippen MR) is 70.7 cm³/mol. The molecule has 2 N–H and O–H groups in total. The number of thiophene rings is 1. The molecule has 1 rings (SSSR count). The highest BCUT2D eigenvalue weighted by atomic mass is 35.5. The zero-order valence-electron chi connectivity index (χ0n) is 9.12. The Morgan fingerprint density at radius 2 is 2.38 bits per heavy atom. The van der Waals surface area contributed by atoms with Gasteiger partial charge in [-0.15, -0.1) is 11.3 Å². The van der Waals surface area contributed by atoms with Gasteiger partial charge in [-0.1, -0.05) is 11.6 Å². The zero-order chi connectivity index (χ0) is 12.2. The van der Waals surface area contributed by atoms with Gasteiger partial charge in [0.1, 0.15) is 0 Å². The smallest absolute Gasteiger partial charge is 0.261 e. The maximum Gasteiger partial charge on any atom is 0.261 e. The maximum atomic E-state index is 11.6. The minimum atomic E-state index is -0.879. The van der Waals surface area contributed by atoms with E-state index in [9.17, 15) is 9.90 Å². The Balaban J connectivity index is 2.47. The molecule has 0 aliphatic carbocycles. The van der Waals surface area contributed by atoms with E-state index in [0.29, 0.717) is 15.0 Å². The van der Waals surface area contributed by atoms with Crippen LogP contribution in [0.4, 0.5) is 0 Å². The van der Waals surface area contributed by atoms with Crippen molar-refractivity contribution in [3.05, 3.63) is 21.3 Å². The maximum absolute atomic E-state index is 11.6. The molecule has 16 heavy (non-hydrogen) atoms. The Morgan fingerprint density at radius 1 is 1.69 bits per heavy atom. The van der Waals surface area contributed by atoms with Gasteiger partial charge in [0.25, 0.3) is 5.91 Å². The normalized spacial score (nSPS) is 14.5. The number of rotatable bonds is 5. The first kappa shape index (κ1) is 13.8. The molecule has 1 amide bonds. The van der Waals surface area contributed by atoms with Gasteiger partial charge in [0.15, 0.2) is 0 Å². The lowest BCUT2D eigenvalue weighted by Gasteiger charge is -2.22. The number of hydrogen-bond donors (Lipinski definition) is 2. The first-order valence-corrected chi connectivity index (χ1v) is 7.28. The molecule has 3 nitrogen and oxygen atoms in total. The summed E-state index contributed by atoms with van der Waals surface area (Å²) in [6.07, 6.45) is 1.91. The number of amides is 1. The van der Waals surface area contributed by atoms with Crippen molar-refractivity contribution in [1.82, 2.24) is 5.32 Å². The molecule has 6 heteroatoms. The zero-order valence-corrected chi connectivity index (χ0v) is 11.5. The second-order valence-corrected chi connectivity index (χ2v) is 6.30. The molecule has 1 aromatic heterocycles. The molecule has 0 bridgehead atoms. The van der Waals surface area contributed by atoms with Crippen molar-refractivity contribution >= 4 is 40.6 Å². The largest absolute Gasteiger partial charge is 0.387 e. The van der Waals surface area contributed by atoms with Crippen LogP contribution in [-0.2, 0) is 0 Å². The minimum Gasteiger partial charge on any atom is -0.387 e. The van der Waals surface area contributed by atoms with Gasteiger partial charge < -0.3 is 10.4 Å². The standard InChI is InChI=1S/C10H14ClNO2S2/c1-10(14,6-15-2)5-12-9(13)7-3-4-8(11)16-7/h3-4,14H,5-6H2,1-2H3,(H,12,13). The highest BCUT2D eigenvalue weighted by Gasteiger charge is 2.21. The van der Waals surface area contributed by atoms with E-state index in [1.54, 1.807) is 30.8 Å². The second-order valence-electron chi connectivity index (χ2n) is 3.72. The van der Waals surface area contributed by atoms with E-state index in [4.69, 9.17) is 11.6 Å². The lowest BCUT2D eigenvalue weighted by atomic mass is 10.1. The molecule has 0 aromatic carbocycles. The number of carbonyl (C=O) groups excluding carboxylic acids is 1. The van der Waals surface area contributed by atoms with E-state index in [1.165, 1.54) is 11.3 Å². The lowest BCUT2D eigenvalue weighted by molar-refractivity contribution is 0.0727. The Morgan fingerprint density at radius 3 is 2.88 bits per heavy atom. The number of aliphatic hydroxyl groups is 1. The lowest BCUT2D eigenvalue weighted by Crippen LogP contribution is -2.42. The molecule has 0 fully saturated rings. The van der Waals surface area contributed by atoms with Gasteiger partial charge in [-0.3, -0.25) is 4.79 Å². The second kappa shape index (κ2) is 5.91. The monoisotopic (exact) mass is 279 g/mol. The summed E-state index contributed by atoms with van der Waals surface area (Å²) < 4.78 is 0.584. The third-order valence-corrected chi connectivity index (χ3v) is 4.02. The summed E-state index contributed by atoms with van der Waals surface area (Å²) in [5.74, 6) is 0.386. The average molecular weight is 280 g/mol. The molecular weight excluding hydrogens is 266 g/mol. The predicted octanol–water partition coefficient (Wildman–Crippen LogP) is 2.25. The van der Waals surface area contributed by atoms with Crippen molar-refractivity contribution in [2.75, 3.05) is 18.6 Å². The van der Waals surface area contributed by atoms with Gasteiger partial charge in [-0.25, -0.2) is 0 Å². The van der Waals surface area contributed by atoms with Crippen LogP contribution in [0.3, 0.4) is 0 Å². The molecule has 1 aromatic rings. The van der Waals surface area contributed by atoms with E-state index < -0.39 is 5.60 Å². The van der Waals surface area contributed by atoms with Crippen LogP contribution in [0.15, 0.2) is 12.1 Å². The van der Waals surface area contributed by atoms with Crippen LogP contribution in [0.25, 0.3) is 0 Å². The summed E-state index contributed by atoms with van der Waals surface area (Å²) in [6.45, 7) is 1.94. The fraction of sp³-hybridized carbons (Fsp3) is 0.500. The molecule has 0 saturated carbocycles. The first-order valence-electron chi connectivity index (χ1n) is 4.69. The van der Waals surface area contributed by atoms with Crippen molar-refractivity contribution in [2.45, 2.75) is 12.5 Å². The van der Waals surface area contributed by atoms with Gasteiger partial charge in [0.05, 0.1) is 14.8 Å². The van der Waals surface area contributed by atoms with Crippen LogP contribution < -0.4 is 5.32 Å². The third kappa shape index (κ3) is 4.33. The minimum absolute atomic E-state index is 0.196. The van der Waals surface area contributed by atoms with Crippen LogP contribution in [-0.4, -0.2) is 35.2 Å². The van der Waals surface area contributed by atoms with E-state index >= 15 is 0 Å². The Labute approximate surface area is 108 Å². The molecule has 1 atom stereocenters. The van der Waals surface area contributed by atoms with Crippen LogP contribution in [0.2, 0.25) is 4.34 Å². The number of thioether (sulfide) groups is 1. The summed E-state index contributed by atoms with van der Waals surface area (Å²) in [7, 11) is 0. The number of carbonyl (C=O) groups is 1. The molecule has 90 valence electrons. The van der Waals surface area contributed by atoms with E-state index in [0.717, 1.165) is 0 Å². The molecule has 0 aliphatic rings. The van der Waals surface area contributed by atoms with Crippen molar-refractivity contribution in [2.24, 2.45) is 0 Å². The molecule has 1 unspecified atom stereocenters.